The molecule has 7 aromatic carbocycles. The minimum absolute atomic E-state index is 0.0886. The van der Waals surface area contributed by atoms with E-state index in [2.05, 4.69) is 63.8 Å². The Labute approximate surface area is 349 Å². The van der Waals surface area contributed by atoms with Crippen LogP contribution in [0, 0.1) is 5.92 Å². The van der Waals surface area contributed by atoms with Crippen molar-refractivity contribution >= 4 is 32.3 Å². The number of H-pyrrole nitrogens is 1. The Balaban J connectivity index is 1.01. The first-order chi connectivity index (χ1) is 29.8. The summed E-state index contributed by atoms with van der Waals surface area (Å²) in [6.07, 6.45) is 0.397. The van der Waals surface area contributed by atoms with Crippen LogP contribution in [-0.2, 0) is 21.5 Å². The van der Waals surface area contributed by atoms with Crippen LogP contribution >= 0.6 is 0 Å². The van der Waals surface area contributed by atoms with Crippen LogP contribution in [0.3, 0.4) is 0 Å². The molecule has 12 heteroatoms. The maximum atomic E-state index is 13.3. The molecule has 9 aromatic rings. The van der Waals surface area contributed by atoms with Crippen molar-refractivity contribution in [3.63, 3.8) is 0 Å². The fraction of sp³-hybridized carbons (Fsp3) is 0.184. The first-order valence-electron chi connectivity index (χ1n) is 20.1. The minimum atomic E-state index is -1.19. The van der Waals surface area contributed by atoms with Gasteiger partial charge in [0.15, 0.2) is 0 Å². The molecule has 10 rings (SSSR count). The Hall–Kier alpha value is -7.12. The van der Waals surface area contributed by atoms with Crippen molar-refractivity contribution in [2.45, 2.75) is 30.5 Å². The standard InChI is InChI=1S/C49H41N5O7/c1-58-37-19-15-34(16-20-37)49(33-9-4-3-5-10-33,35-17-21-38(59-2)22-18-35)60-29-42-46(56)40(47(61-42)53-26-25-43(55)50-48(53)57)27-36-28-54(52-51-36)41-24-14-32-12-11-30-7-6-8-31-13-23-39(41)45(32)44(30)31/h3-26,28,40,42,46-47,56H,27,29H2,1-2H3,(H,50,55,57)/t40-,42-,46+,47-/m1/s1. The lowest BCUT2D eigenvalue weighted by Crippen LogP contribution is -2.39. The molecular formula is C49H41N5O7. The number of aromatic amines is 1. The number of benzene rings is 7. The van der Waals surface area contributed by atoms with Crippen molar-refractivity contribution in [3.8, 4) is 17.2 Å². The predicted molar refractivity (Wildman–Crippen MR) is 232 cm³/mol. The van der Waals surface area contributed by atoms with Gasteiger partial charge in [-0.25, -0.2) is 9.48 Å². The molecule has 4 atom stereocenters. The molecular weight excluding hydrogens is 771 g/mol. The highest BCUT2D eigenvalue weighted by atomic mass is 16.6. The molecule has 1 aliphatic rings. The summed E-state index contributed by atoms with van der Waals surface area (Å²) >= 11 is 0. The molecule has 0 saturated carbocycles. The highest BCUT2D eigenvalue weighted by molar-refractivity contribution is 6.24. The Kier molecular flexibility index (Phi) is 9.67. The number of nitrogens with one attached hydrogen (secondary N) is 1. The number of methoxy groups -OCH3 is 2. The Bertz CT molecular complexity index is 3040. The van der Waals surface area contributed by atoms with E-state index in [0.29, 0.717) is 17.2 Å². The normalized spacial score (nSPS) is 18.0. The van der Waals surface area contributed by atoms with E-state index < -0.39 is 41.2 Å². The van der Waals surface area contributed by atoms with Gasteiger partial charge in [0.05, 0.1) is 44.5 Å². The van der Waals surface area contributed by atoms with E-state index in [1.54, 1.807) is 18.9 Å². The van der Waals surface area contributed by atoms with Crippen molar-refractivity contribution in [3.05, 3.63) is 195 Å². The summed E-state index contributed by atoms with van der Waals surface area (Å²) in [7, 11) is 3.23. The van der Waals surface area contributed by atoms with Crippen molar-refractivity contribution in [1.29, 1.82) is 0 Å². The zero-order valence-electron chi connectivity index (χ0n) is 33.3. The number of aliphatic hydroxyl groups is 1. The first kappa shape index (κ1) is 38.1. The summed E-state index contributed by atoms with van der Waals surface area (Å²) in [6.45, 7) is -0.0886. The molecule has 304 valence electrons. The largest absolute Gasteiger partial charge is 0.497 e. The number of aliphatic hydroxyl groups excluding tert-OH is 1. The zero-order valence-corrected chi connectivity index (χ0v) is 33.3. The molecule has 0 bridgehead atoms. The number of hydrogen-bond acceptors (Lipinski definition) is 9. The molecule has 12 nitrogen and oxygen atoms in total. The van der Waals surface area contributed by atoms with E-state index in [1.165, 1.54) is 33.0 Å². The first-order valence-corrected chi connectivity index (χ1v) is 20.1. The van der Waals surface area contributed by atoms with Gasteiger partial charge in [0.2, 0.25) is 0 Å². The monoisotopic (exact) mass is 811 g/mol. The van der Waals surface area contributed by atoms with Gasteiger partial charge < -0.3 is 24.1 Å². The van der Waals surface area contributed by atoms with Gasteiger partial charge in [-0.2, -0.15) is 0 Å². The summed E-state index contributed by atoms with van der Waals surface area (Å²) in [5.74, 6) is 0.669. The second-order valence-electron chi connectivity index (χ2n) is 15.4. The number of ether oxygens (including phenoxy) is 4. The highest BCUT2D eigenvalue weighted by Crippen LogP contribution is 2.44. The zero-order chi connectivity index (χ0) is 41.7. The smallest absolute Gasteiger partial charge is 0.330 e. The van der Waals surface area contributed by atoms with Crippen molar-refractivity contribution in [2.75, 3.05) is 20.8 Å². The van der Waals surface area contributed by atoms with Gasteiger partial charge in [-0.15, -0.1) is 5.10 Å². The van der Waals surface area contributed by atoms with Crippen LogP contribution in [0.25, 0.3) is 38.0 Å². The maximum absolute atomic E-state index is 13.3. The summed E-state index contributed by atoms with van der Waals surface area (Å²) < 4.78 is 27.8. The fourth-order valence-corrected chi connectivity index (χ4v) is 9.02. The van der Waals surface area contributed by atoms with Crippen LogP contribution in [-0.4, -0.2) is 62.7 Å². The Morgan fingerprint density at radius 3 is 2.00 bits per heavy atom. The van der Waals surface area contributed by atoms with Crippen LogP contribution < -0.4 is 20.7 Å². The van der Waals surface area contributed by atoms with Crippen LogP contribution in [0.2, 0.25) is 0 Å². The molecule has 1 saturated heterocycles. The van der Waals surface area contributed by atoms with Gasteiger partial charge in [0.1, 0.15) is 29.4 Å². The third-order valence-corrected chi connectivity index (χ3v) is 12.0. The lowest BCUT2D eigenvalue weighted by atomic mass is 9.80. The summed E-state index contributed by atoms with van der Waals surface area (Å²) in [6, 6.07) is 45.4. The lowest BCUT2D eigenvalue weighted by molar-refractivity contribution is -0.0949. The number of hydrogen-bond donors (Lipinski definition) is 2. The van der Waals surface area contributed by atoms with Crippen LogP contribution in [0.5, 0.6) is 11.5 Å². The van der Waals surface area contributed by atoms with Gasteiger partial charge in [0.25, 0.3) is 5.56 Å². The molecule has 3 heterocycles. The van der Waals surface area contributed by atoms with Crippen molar-refractivity contribution in [1.82, 2.24) is 24.5 Å². The average molecular weight is 812 g/mol. The molecule has 0 amide bonds. The van der Waals surface area contributed by atoms with Crippen molar-refractivity contribution in [2.24, 2.45) is 5.92 Å². The molecule has 0 aliphatic carbocycles. The van der Waals surface area contributed by atoms with Gasteiger partial charge in [-0.3, -0.25) is 14.3 Å². The van der Waals surface area contributed by atoms with E-state index in [1.807, 2.05) is 91.1 Å². The van der Waals surface area contributed by atoms with Crippen LogP contribution in [0.15, 0.2) is 162 Å². The molecule has 61 heavy (non-hydrogen) atoms. The molecule has 2 N–H and O–H groups in total. The van der Waals surface area contributed by atoms with Crippen molar-refractivity contribution < 1.29 is 24.1 Å². The van der Waals surface area contributed by atoms with E-state index in [0.717, 1.165) is 38.5 Å². The molecule has 1 aliphatic heterocycles. The molecule has 2 aromatic heterocycles. The third kappa shape index (κ3) is 6.61. The predicted octanol–water partition coefficient (Wildman–Crippen LogP) is 7.16. The van der Waals surface area contributed by atoms with Gasteiger partial charge in [-0.1, -0.05) is 108 Å². The van der Waals surface area contributed by atoms with Gasteiger partial charge in [0, 0.05) is 30.0 Å². The second kappa shape index (κ2) is 15.5. The molecule has 1 fully saturated rings. The molecule has 0 radical (unpaired) electrons. The fourth-order valence-electron chi connectivity index (χ4n) is 9.02. The number of nitrogens with zero attached hydrogens (tertiary/aromatic N) is 4. The third-order valence-electron chi connectivity index (χ3n) is 12.0. The topological polar surface area (TPSA) is 143 Å². The average Bonchev–Trinajstić information content (AvgIpc) is 3.90. The summed E-state index contributed by atoms with van der Waals surface area (Å²) in [5.41, 5.74) is 1.51. The number of rotatable bonds is 12. The Morgan fingerprint density at radius 2 is 1.34 bits per heavy atom. The van der Waals surface area contributed by atoms with Crippen LogP contribution in [0.1, 0.15) is 28.6 Å². The molecule has 0 spiro atoms. The lowest BCUT2D eigenvalue weighted by Gasteiger charge is -2.37. The molecule has 0 unspecified atom stereocenters. The Morgan fingerprint density at radius 1 is 0.721 bits per heavy atom. The highest BCUT2D eigenvalue weighted by Gasteiger charge is 2.47. The van der Waals surface area contributed by atoms with Crippen LogP contribution in [0.4, 0.5) is 0 Å². The van der Waals surface area contributed by atoms with Gasteiger partial charge in [-0.05, 0) is 74.0 Å². The second-order valence-corrected chi connectivity index (χ2v) is 15.4. The van der Waals surface area contributed by atoms with E-state index >= 15 is 0 Å². The van der Waals surface area contributed by atoms with E-state index in [4.69, 9.17) is 18.9 Å². The number of aromatic nitrogens is 5. The van der Waals surface area contributed by atoms with E-state index in [9.17, 15) is 14.7 Å². The summed E-state index contributed by atoms with van der Waals surface area (Å²) in [5, 5.41) is 28.3. The minimum Gasteiger partial charge on any atom is -0.497 e. The quantitative estimate of drug-likeness (QED) is 0.0971. The van der Waals surface area contributed by atoms with Gasteiger partial charge >= 0.3 is 5.69 Å². The maximum Gasteiger partial charge on any atom is 0.330 e. The van der Waals surface area contributed by atoms with E-state index in [-0.39, 0.29) is 13.0 Å². The summed E-state index contributed by atoms with van der Waals surface area (Å²) in [4.78, 5) is 27.9. The SMILES string of the molecule is COc1ccc(C(OC[C@H]2O[C@@H](n3ccc(=O)[nH]c3=O)[C@H](Cc3cn(-c4ccc5ccc6cccc7ccc4c5c67)nn3)[C@@H]2O)(c2ccccc2)c2ccc(OC)cc2)cc1.